The smallest absolute Gasteiger partial charge is 0.251 e. The number of amides is 1. The minimum atomic E-state index is -3.64. The number of allylic oxidation sites excluding steroid dienone is 1. The van der Waals surface area contributed by atoms with Gasteiger partial charge in [-0.3, -0.25) is 4.79 Å². The Morgan fingerprint density at radius 1 is 1.33 bits per heavy atom. The van der Waals surface area contributed by atoms with Crippen molar-refractivity contribution in [3.63, 3.8) is 0 Å². The molecule has 1 aromatic rings. The zero-order valence-corrected chi connectivity index (χ0v) is 16.6. The van der Waals surface area contributed by atoms with Crippen LogP contribution in [0.5, 0.6) is 0 Å². The molecule has 6 nitrogen and oxygen atoms in total. The number of carbonyl (C=O) groups excluding carboxylic acids is 1. The zero-order chi connectivity index (χ0) is 19.3. The number of sulfonamides is 1. The van der Waals surface area contributed by atoms with Crippen LogP contribution in [0, 0.1) is 0 Å². The lowest BCUT2D eigenvalue weighted by atomic mass is 9.97. The molecule has 0 saturated carbocycles. The van der Waals surface area contributed by atoms with Gasteiger partial charge >= 0.3 is 0 Å². The van der Waals surface area contributed by atoms with E-state index >= 15 is 0 Å². The second kappa shape index (κ2) is 8.99. The van der Waals surface area contributed by atoms with E-state index in [4.69, 9.17) is 4.74 Å². The predicted octanol–water partition coefficient (Wildman–Crippen LogP) is 2.72. The summed E-state index contributed by atoms with van der Waals surface area (Å²) in [6.45, 7) is 3.50. The highest BCUT2D eigenvalue weighted by Crippen LogP contribution is 2.22. The van der Waals surface area contributed by atoms with Gasteiger partial charge in [0, 0.05) is 24.7 Å². The van der Waals surface area contributed by atoms with Crippen LogP contribution < -0.4 is 5.32 Å². The van der Waals surface area contributed by atoms with E-state index in [1.165, 1.54) is 28.8 Å². The monoisotopic (exact) mass is 392 g/mol. The molecule has 1 aliphatic heterocycles. The average Bonchev–Trinajstić information content (AvgIpc) is 2.69. The molecule has 1 saturated heterocycles. The van der Waals surface area contributed by atoms with Gasteiger partial charge in [-0.25, -0.2) is 8.42 Å². The van der Waals surface area contributed by atoms with Crippen LogP contribution in [0.3, 0.4) is 0 Å². The Hall–Kier alpha value is -1.70. The summed E-state index contributed by atoms with van der Waals surface area (Å²) in [5.74, 6) is -0.238. The van der Waals surface area contributed by atoms with Gasteiger partial charge in [-0.15, -0.1) is 0 Å². The first-order valence-electron chi connectivity index (χ1n) is 9.64. The van der Waals surface area contributed by atoms with Gasteiger partial charge in [-0.1, -0.05) is 17.7 Å². The Labute approximate surface area is 161 Å². The number of hydrogen-bond donors (Lipinski definition) is 1. The van der Waals surface area contributed by atoms with Crippen molar-refractivity contribution >= 4 is 15.9 Å². The van der Waals surface area contributed by atoms with Crippen LogP contribution in [0.15, 0.2) is 40.8 Å². The summed E-state index contributed by atoms with van der Waals surface area (Å²) < 4.78 is 32.6. The van der Waals surface area contributed by atoms with Gasteiger partial charge in [-0.2, -0.15) is 4.31 Å². The maximum Gasteiger partial charge on any atom is 0.251 e. The third-order valence-corrected chi connectivity index (χ3v) is 7.14. The molecule has 3 rings (SSSR count). The highest BCUT2D eigenvalue weighted by molar-refractivity contribution is 7.89. The normalized spacial score (nSPS) is 21.5. The Balaban J connectivity index is 1.65. The molecule has 1 fully saturated rings. The summed E-state index contributed by atoms with van der Waals surface area (Å²) in [6.07, 6.45) is 7.84. The van der Waals surface area contributed by atoms with Crippen molar-refractivity contribution in [2.24, 2.45) is 0 Å². The first kappa shape index (κ1) is 20.0. The standard InChI is InChI=1S/C20H28N2O4S/c1-16-15-26-13-12-22(16)27(24,25)19-9-5-8-18(14-19)20(23)21-11-10-17-6-3-2-4-7-17/h5-6,8-9,14,16H,2-4,7,10-13,15H2,1H3,(H,21,23). The number of ether oxygens (including phenoxy) is 1. The maximum atomic E-state index is 12.9. The Morgan fingerprint density at radius 2 is 2.19 bits per heavy atom. The molecule has 0 spiro atoms. The molecule has 1 N–H and O–H groups in total. The fourth-order valence-electron chi connectivity index (χ4n) is 3.57. The van der Waals surface area contributed by atoms with Gasteiger partial charge in [0.25, 0.3) is 5.91 Å². The second-order valence-corrected chi connectivity index (χ2v) is 9.07. The number of benzene rings is 1. The highest BCUT2D eigenvalue weighted by Gasteiger charge is 2.31. The van der Waals surface area contributed by atoms with Gasteiger partial charge in [0.15, 0.2) is 0 Å². The maximum absolute atomic E-state index is 12.9. The van der Waals surface area contributed by atoms with Crippen LogP contribution in [-0.4, -0.2) is 51.0 Å². The highest BCUT2D eigenvalue weighted by atomic mass is 32.2. The van der Waals surface area contributed by atoms with E-state index < -0.39 is 10.0 Å². The van der Waals surface area contributed by atoms with Gasteiger partial charge in [0.2, 0.25) is 10.0 Å². The molecule has 27 heavy (non-hydrogen) atoms. The van der Waals surface area contributed by atoms with E-state index in [0.29, 0.717) is 31.9 Å². The van der Waals surface area contributed by atoms with Crippen molar-refractivity contribution in [3.05, 3.63) is 41.5 Å². The SMILES string of the molecule is CC1COCCN1S(=O)(=O)c1cccc(C(=O)NCCC2=CCCCC2)c1. The number of hydrogen-bond acceptors (Lipinski definition) is 4. The van der Waals surface area contributed by atoms with Crippen LogP contribution in [0.2, 0.25) is 0 Å². The predicted molar refractivity (Wildman–Crippen MR) is 104 cm³/mol. The summed E-state index contributed by atoms with van der Waals surface area (Å²) in [6, 6.07) is 6.06. The molecule has 1 heterocycles. The van der Waals surface area contributed by atoms with E-state index in [0.717, 1.165) is 19.3 Å². The topological polar surface area (TPSA) is 75.7 Å². The van der Waals surface area contributed by atoms with Crippen LogP contribution in [0.1, 0.15) is 49.4 Å². The van der Waals surface area contributed by atoms with Crippen molar-refractivity contribution in [2.75, 3.05) is 26.3 Å². The Bertz CT molecular complexity index is 804. The summed E-state index contributed by atoms with van der Waals surface area (Å²) in [5, 5.41) is 2.91. The molecule has 1 aromatic carbocycles. The third-order valence-electron chi connectivity index (χ3n) is 5.13. The largest absolute Gasteiger partial charge is 0.378 e. The molecule has 1 amide bonds. The van der Waals surface area contributed by atoms with Gasteiger partial charge in [-0.05, 0) is 57.2 Å². The zero-order valence-electron chi connectivity index (χ0n) is 15.8. The number of carbonyl (C=O) groups is 1. The minimum absolute atomic E-state index is 0.152. The minimum Gasteiger partial charge on any atom is -0.378 e. The molecule has 0 bridgehead atoms. The summed E-state index contributed by atoms with van der Waals surface area (Å²) >= 11 is 0. The summed E-state index contributed by atoms with van der Waals surface area (Å²) in [7, 11) is -3.64. The Kier molecular flexibility index (Phi) is 6.68. The summed E-state index contributed by atoms with van der Waals surface area (Å²) in [5.41, 5.74) is 1.77. The first-order chi connectivity index (χ1) is 13.0. The number of nitrogens with one attached hydrogen (secondary N) is 1. The molecule has 2 aliphatic rings. The van der Waals surface area contributed by atoms with E-state index in [9.17, 15) is 13.2 Å². The van der Waals surface area contributed by atoms with Gasteiger partial charge in [0.05, 0.1) is 18.1 Å². The first-order valence-corrected chi connectivity index (χ1v) is 11.1. The lowest BCUT2D eigenvalue weighted by Crippen LogP contribution is -2.46. The molecular weight excluding hydrogens is 364 g/mol. The van der Waals surface area contributed by atoms with Crippen molar-refractivity contribution < 1.29 is 17.9 Å². The number of rotatable bonds is 6. The van der Waals surface area contributed by atoms with Crippen LogP contribution in [0.25, 0.3) is 0 Å². The number of morpholine rings is 1. The number of nitrogens with zero attached hydrogens (tertiary/aromatic N) is 1. The van der Waals surface area contributed by atoms with Crippen molar-refractivity contribution in [3.8, 4) is 0 Å². The lowest BCUT2D eigenvalue weighted by molar-refractivity contribution is 0.0392. The molecule has 0 radical (unpaired) electrons. The molecule has 0 aromatic heterocycles. The second-order valence-electron chi connectivity index (χ2n) is 7.18. The molecular formula is C20H28N2O4S. The third kappa shape index (κ3) is 4.97. The summed E-state index contributed by atoms with van der Waals surface area (Å²) in [4.78, 5) is 12.6. The van der Waals surface area contributed by atoms with E-state index in [2.05, 4.69) is 11.4 Å². The van der Waals surface area contributed by atoms with E-state index in [1.54, 1.807) is 18.2 Å². The quantitative estimate of drug-likeness (QED) is 0.756. The molecule has 1 aliphatic carbocycles. The lowest BCUT2D eigenvalue weighted by Gasteiger charge is -2.32. The van der Waals surface area contributed by atoms with Gasteiger partial charge in [0.1, 0.15) is 0 Å². The Morgan fingerprint density at radius 3 is 2.93 bits per heavy atom. The van der Waals surface area contributed by atoms with Crippen molar-refractivity contribution in [2.45, 2.75) is 50.0 Å². The molecule has 148 valence electrons. The van der Waals surface area contributed by atoms with Crippen molar-refractivity contribution in [1.29, 1.82) is 0 Å². The van der Waals surface area contributed by atoms with E-state index in [-0.39, 0.29) is 16.8 Å². The molecule has 1 unspecified atom stereocenters. The van der Waals surface area contributed by atoms with Crippen LogP contribution >= 0.6 is 0 Å². The average molecular weight is 393 g/mol. The van der Waals surface area contributed by atoms with Crippen molar-refractivity contribution in [1.82, 2.24) is 9.62 Å². The van der Waals surface area contributed by atoms with Crippen LogP contribution in [-0.2, 0) is 14.8 Å². The van der Waals surface area contributed by atoms with Crippen LogP contribution in [0.4, 0.5) is 0 Å². The fraction of sp³-hybridized carbons (Fsp3) is 0.550. The van der Waals surface area contributed by atoms with E-state index in [1.807, 2.05) is 6.92 Å². The molecule has 1 atom stereocenters. The fourth-order valence-corrected chi connectivity index (χ4v) is 5.22. The van der Waals surface area contributed by atoms with Gasteiger partial charge < -0.3 is 10.1 Å². The molecule has 7 heteroatoms.